The molecule has 0 unspecified atom stereocenters. The molecule has 0 saturated carbocycles. The maximum atomic E-state index is 12.7. The van der Waals surface area contributed by atoms with Crippen LogP contribution in [-0.4, -0.2) is 43.1 Å². The zero-order valence-corrected chi connectivity index (χ0v) is 18.1. The lowest BCUT2D eigenvalue weighted by Crippen LogP contribution is -2.29. The van der Waals surface area contributed by atoms with Crippen LogP contribution in [0.5, 0.6) is 11.5 Å². The van der Waals surface area contributed by atoms with E-state index in [1.54, 1.807) is 12.1 Å². The largest absolute Gasteiger partial charge is 0.494 e. The molecule has 2 aromatic carbocycles. The number of sulfonamides is 1. The molecule has 0 fully saturated rings. The lowest BCUT2D eigenvalue weighted by Gasteiger charge is -2.16. The molecule has 0 aliphatic carbocycles. The summed E-state index contributed by atoms with van der Waals surface area (Å²) in [5.41, 5.74) is 1.01. The van der Waals surface area contributed by atoms with E-state index in [1.165, 1.54) is 23.5 Å². The molecule has 0 saturated heterocycles. The Balaban J connectivity index is 1.55. The van der Waals surface area contributed by atoms with Gasteiger partial charge in [-0.15, -0.1) is 0 Å². The Morgan fingerprint density at radius 1 is 1.07 bits per heavy atom. The zero-order chi connectivity index (χ0) is 21.6. The van der Waals surface area contributed by atoms with E-state index < -0.39 is 10.0 Å². The van der Waals surface area contributed by atoms with E-state index in [9.17, 15) is 8.42 Å². The highest BCUT2D eigenvalue weighted by Crippen LogP contribution is 2.20. The molecule has 0 N–H and O–H groups in total. The van der Waals surface area contributed by atoms with Crippen molar-refractivity contribution in [1.29, 1.82) is 0 Å². The van der Waals surface area contributed by atoms with Gasteiger partial charge in [0.15, 0.2) is 12.4 Å². The molecule has 0 aliphatic heterocycles. The second-order valence-corrected chi connectivity index (χ2v) is 8.68. The second-order valence-electron chi connectivity index (χ2n) is 6.64. The maximum Gasteiger partial charge on any atom is 0.264 e. The summed E-state index contributed by atoms with van der Waals surface area (Å²) in [6.07, 6.45) is 0.320. The molecule has 1 heterocycles. The number of hydrogen-bond acceptors (Lipinski definition) is 7. The number of aromatic nitrogens is 2. The summed E-state index contributed by atoms with van der Waals surface area (Å²) < 4.78 is 42.9. The molecular formula is C21H25N3O5S. The number of likely N-dealkylation sites (N-methyl/N-ethyl adjacent to an activating group) is 1. The molecule has 0 atom stereocenters. The molecule has 9 heteroatoms. The quantitative estimate of drug-likeness (QED) is 0.486. The van der Waals surface area contributed by atoms with Crippen LogP contribution in [0.15, 0.2) is 57.9 Å². The van der Waals surface area contributed by atoms with Crippen molar-refractivity contribution in [3.63, 3.8) is 0 Å². The van der Waals surface area contributed by atoms with Crippen LogP contribution < -0.4 is 9.47 Å². The predicted molar refractivity (Wildman–Crippen MR) is 111 cm³/mol. The van der Waals surface area contributed by atoms with Crippen LogP contribution in [0, 0.1) is 6.92 Å². The van der Waals surface area contributed by atoms with Gasteiger partial charge in [-0.3, -0.25) is 0 Å². The van der Waals surface area contributed by atoms with Gasteiger partial charge in [-0.1, -0.05) is 23.4 Å². The standard InChI is InChI=1S/C21H25N3O5S/c1-4-27-17-9-11-18(12-10-17)30(25,26)24(3)14-13-20-22-21(29-23-20)15-28-19-8-6-5-7-16(19)2/h5-12H,4,13-15H2,1-3H3. The fourth-order valence-electron chi connectivity index (χ4n) is 2.74. The summed E-state index contributed by atoms with van der Waals surface area (Å²) >= 11 is 0. The van der Waals surface area contributed by atoms with E-state index >= 15 is 0 Å². The first-order valence-corrected chi connectivity index (χ1v) is 11.0. The van der Waals surface area contributed by atoms with E-state index in [-0.39, 0.29) is 18.0 Å². The molecule has 0 bridgehead atoms. The van der Waals surface area contributed by atoms with Gasteiger partial charge in [0.2, 0.25) is 10.0 Å². The van der Waals surface area contributed by atoms with Crippen molar-refractivity contribution in [1.82, 2.24) is 14.4 Å². The first-order valence-electron chi connectivity index (χ1n) is 9.59. The number of aryl methyl sites for hydroxylation is 1. The van der Waals surface area contributed by atoms with Crippen molar-refractivity contribution < 1.29 is 22.4 Å². The SMILES string of the molecule is CCOc1ccc(S(=O)(=O)N(C)CCc2noc(COc3ccccc3C)n2)cc1. The van der Waals surface area contributed by atoms with Gasteiger partial charge in [0, 0.05) is 20.0 Å². The monoisotopic (exact) mass is 431 g/mol. The van der Waals surface area contributed by atoms with Crippen LogP contribution in [0.4, 0.5) is 0 Å². The number of rotatable bonds is 10. The first-order chi connectivity index (χ1) is 14.4. The van der Waals surface area contributed by atoms with Crippen molar-refractivity contribution in [2.45, 2.75) is 31.8 Å². The van der Waals surface area contributed by atoms with Crippen LogP contribution in [0.3, 0.4) is 0 Å². The van der Waals surface area contributed by atoms with Gasteiger partial charge in [0.25, 0.3) is 5.89 Å². The van der Waals surface area contributed by atoms with Gasteiger partial charge >= 0.3 is 0 Å². The molecule has 30 heavy (non-hydrogen) atoms. The fourth-order valence-corrected chi connectivity index (χ4v) is 3.91. The van der Waals surface area contributed by atoms with Crippen LogP contribution >= 0.6 is 0 Å². The predicted octanol–water partition coefficient (Wildman–Crippen LogP) is 3.22. The average molecular weight is 432 g/mol. The van der Waals surface area contributed by atoms with Crippen LogP contribution in [0.2, 0.25) is 0 Å². The Kier molecular flexibility index (Phi) is 7.07. The molecule has 8 nitrogen and oxygen atoms in total. The summed E-state index contributed by atoms with van der Waals surface area (Å²) in [5, 5.41) is 3.91. The fraction of sp³-hybridized carbons (Fsp3) is 0.333. The third-order valence-electron chi connectivity index (χ3n) is 4.45. The Bertz CT molecular complexity index is 1060. The molecule has 0 radical (unpaired) electrons. The van der Waals surface area contributed by atoms with Gasteiger partial charge < -0.3 is 14.0 Å². The Labute approximate surface area is 176 Å². The van der Waals surface area contributed by atoms with E-state index in [4.69, 9.17) is 14.0 Å². The highest BCUT2D eigenvalue weighted by molar-refractivity contribution is 7.89. The Hall–Kier alpha value is -2.91. The van der Waals surface area contributed by atoms with E-state index in [0.717, 1.165) is 11.3 Å². The number of para-hydroxylation sites is 1. The molecule has 3 aromatic rings. The minimum atomic E-state index is -3.62. The van der Waals surface area contributed by atoms with Crippen LogP contribution in [0.25, 0.3) is 0 Å². The van der Waals surface area contributed by atoms with Gasteiger partial charge in [-0.25, -0.2) is 12.7 Å². The van der Waals surface area contributed by atoms with Gasteiger partial charge in [0.05, 0.1) is 11.5 Å². The van der Waals surface area contributed by atoms with Crippen LogP contribution in [0.1, 0.15) is 24.2 Å². The molecule has 160 valence electrons. The molecule has 0 spiro atoms. The number of benzene rings is 2. The van der Waals surface area contributed by atoms with E-state index in [0.29, 0.717) is 30.5 Å². The summed E-state index contributed by atoms with van der Waals surface area (Å²) in [6, 6.07) is 14.0. The van der Waals surface area contributed by atoms with Crippen molar-refractivity contribution in [3.05, 3.63) is 65.8 Å². The molecule has 0 amide bonds. The summed E-state index contributed by atoms with van der Waals surface area (Å²) in [4.78, 5) is 4.48. The Morgan fingerprint density at radius 3 is 2.50 bits per heavy atom. The summed E-state index contributed by atoms with van der Waals surface area (Å²) in [7, 11) is -2.10. The van der Waals surface area contributed by atoms with Gasteiger partial charge in [0.1, 0.15) is 11.5 Å². The normalized spacial score (nSPS) is 11.6. The highest BCUT2D eigenvalue weighted by atomic mass is 32.2. The number of hydrogen-bond donors (Lipinski definition) is 0. The minimum absolute atomic E-state index is 0.151. The molecule has 3 rings (SSSR count). The maximum absolute atomic E-state index is 12.7. The van der Waals surface area contributed by atoms with Crippen molar-refractivity contribution in [2.24, 2.45) is 0 Å². The lowest BCUT2D eigenvalue weighted by molar-refractivity contribution is 0.241. The van der Waals surface area contributed by atoms with Crippen LogP contribution in [-0.2, 0) is 23.1 Å². The Morgan fingerprint density at radius 2 is 1.80 bits per heavy atom. The van der Waals surface area contributed by atoms with Gasteiger partial charge in [-0.05, 0) is 49.7 Å². The third kappa shape index (κ3) is 5.37. The smallest absolute Gasteiger partial charge is 0.264 e. The van der Waals surface area contributed by atoms with E-state index in [1.807, 2.05) is 38.1 Å². The summed E-state index contributed by atoms with van der Waals surface area (Å²) in [6.45, 7) is 4.71. The third-order valence-corrected chi connectivity index (χ3v) is 6.32. The van der Waals surface area contributed by atoms with Crippen molar-refractivity contribution >= 4 is 10.0 Å². The average Bonchev–Trinajstić information content (AvgIpc) is 3.20. The van der Waals surface area contributed by atoms with E-state index in [2.05, 4.69) is 10.1 Å². The number of ether oxygens (including phenoxy) is 2. The lowest BCUT2D eigenvalue weighted by atomic mass is 10.2. The zero-order valence-electron chi connectivity index (χ0n) is 17.2. The van der Waals surface area contributed by atoms with Crippen molar-refractivity contribution in [2.75, 3.05) is 20.2 Å². The highest BCUT2D eigenvalue weighted by Gasteiger charge is 2.21. The van der Waals surface area contributed by atoms with Gasteiger partial charge in [-0.2, -0.15) is 4.98 Å². The number of nitrogens with zero attached hydrogens (tertiary/aromatic N) is 3. The second kappa shape index (κ2) is 9.73. The molecule has 0 aliphatic rings. The molecular weight excluding hydrogens is 406 g/mol. The molecule has 1 aromatic heterocycles. The topological polar surface area (TPSA) is 94.8 Å². The summed E-state index contributed by atoms with van der Waals surface area (Å²) in [5.74, 6) is 2.14. The first kappa shape index (κ1) is 21.8. The van der Waals surface area contributed by atoms with Crippen molar-refractivity contribution in [3.8, 4) is 11.5 Å². The minimum Gasteiger partial charge on any atom is -0.494 e.